The Morgan fingerprint density at radius 3 is 2.57 bits per heavy atom. The van der Waals surface area contributed by atoms with Crippen molar-refractivity contribution < 1.29 is 19.1 Å². The Morgan fingerprint density at radius 2 is 1.83 bits per heavy atom. The summed E-state index contributed by atoms with van der Waals surface area (Å²) in [7, 11) is 0. The first-order valence-electron chi connectivity index (χ1n) is 10.1. The van der Waals surface area contributed by atoms with E-state index in [4.69, 9.17) is 4.74 Å². The molecule has 1 aliphatic heterocycles. The molecule has 3 rings (SSSR count). The quantitative estimate of drug-likeness (QED) is 0.718. The van der Waals surface area contributed by atoms with E-state index in [1.165, 1.54) is 0 Å². The van der Waals surface area contributed by atoms with Crippen LogP contribution < -0.4 is 15.6 Å². The zero-order valence-corrected chi connectivity index (χ0v) is 17.3. The Morgan fingerprint density at radius 1 is 1.07 bits per heavy atom. The van der Waals surface area contributed by atoms with Gasteiger partial charge in [-0.2, -0.15) is 0 Å². The van der Waals surface area contributed by atoms with Crippen LogP contribution in [0.4, 0.5) is 0 Å². The van der Waals surface area contributed by atoms with Gasteiger partial charge in [-0.3, -0.25) is 25.2 Å². The lowest BCUT2D eigenvalue weighted by molar-refractivity contribution is -0.143. The lowest BCUT2D eigenvalue weighted by Gasteiger charge is -2.34. The summed E-state index contributed by atoms with van der Waals surface area (Å²) in [5.41, 5.74) is 7.49. The third-order valence-electron chi connectivity index (χ3n) is 5.06. The van der Waals surface area contributed by atoms with E-state index in [2.05, 4.69) is 10.9 Å². The van der Waals surface area contributed by atoms with Gasteiger partial charge in [0.1, 0.15) is 11.8 Å². The van der Waals surface area contributed by atoms with Gasteiger partial charge < -0.3 is 9.64 Å². The maximum absolute atomic E-state index is 12.9. The van der Waals surface area contributed by atoms with Crippen LogP contribution in [0.1, 0.15) is 42.0 Å². The number of nitrogens with zero attached hydrogens (tertiary/aromatic N) is 1. The Balaban J connectivity index is 1.62. The van der Waals surface area contributed by atoms with Crippen LogP contribution in [0.15, 0.2) is 48.5 Å². The van der Waals surface area contributed by atoms with Crippen LogP contribution in [-0.4, -0.2) is 35.8 Å². The molecule has 2 aromatic rings. The van der Waals surface area contributed by atoms with E-state index in [1.807, 2.05) is 50.2 Å². The molecule has 2 aromatic carbocycles. The van der Waals surface area contributed by atoms with Crippen LogP contribution in [0.3, 0.4) is 0 Å². The van der Waals surface area contributed by atoms with Gasteiger partial charge in [-0.15, -0.1) is 0 Å². The molecule has 2 N–H and O–H groups in total. The summed E-state index contributed by atoms with van der Waals surface area (Å²) in [5, 5.41) is 0. The molecule has 0 bridgehead atoms. The smallest absolute Gasteiger partial charge is 0.276 e. The SMILES string of the molecule is Cc1ccc(C)c(OCC(=O)NNC(=O)C(c2ccccc2)N2CCCCC2=O)c1. The van der Waals surface area contributed by atoms with E-state index >= 15 is 0 Å². The molecule has 7 nitrogen and oxygen atoms in total. The third kappa shape index (κ3) is 5.37. The van der Waals surface area contributed by atoms with Gasteiger partial charge in [0.15, 0.2) is 6.61 Å². The number of ether oxygens (including phenoxy) is 1. The first-order valence-corrected chi connectivity index (χ1v) is 10.1. The van der Waals surface area contributed by atoms with Crippen molar-refractivity contribution >= 4 is 17.7 Å². The zero-order valence-electron chi connectivity index (χ0n) is 17.3. The highest BCUT2D eigenvalue weighted by molar-refractivity contribution is 5.90. The number of hydrogen-bond acceptors (Lipinski definition) is 4. The van der Waals surface area contributed by atoms with Gasteiger partial charge in [0.2, 0.25) is 5.91 Å². The number of likely N-dealkylation sites (tertiary alicyclic amines) is 1. The van der Waals surface area contributed by atoms with Crippen molar-refractivity contribution in [2.75, 3.05) is 13.2 Å². The van der Waals surface area contributed by atoms with Crippen LogP contribution >= 0.6 is 0 Å². The van der Waals surface area contributed by atoms with Crippen LogP contribution in [-0.2, 0) is 14.4 Å². The summed E-state index contributed by atoms with van der Waals surface area (Å²) in [4.78, 5) is 39.1. The lowest BCUT2D eigenvalue weighted by atomic mass is 10.0. The molecule has 0 aliphatic carbocycles. The van der Waals surface area contributed by atoms with Gasteiger partial charge in [-0.05, 0) is 49.4 Å². The van der Waals surface area contributed by atoms with Crippen molar-refractivity contribution in [2.45, 2.75) is 39.2 Å². The highest BCUT2D eigenvalue weighted by Crippen LogP contribution is 2.25. The first-order chi connectivity index (χ1) is 14.5. The second-order valence-corrected chi connectivity index (χ2v) is 7.45. The van der Waals surface area contributed by atoms with Crippen LogP contribution in [0.25, 0.3) is 0 Å². The van der Waals surface area contributed by atoms with E-state index in [-0.39, 0.29) is 12.5 Å². The van der Waals surface area contributed by atoms with Crippen molar-refractivity contribution in [3.63, 3.8) is 0 Å². The third-order valence-corrected chi connectivity index (χ3v) is 5.06. The molecule has 0 spiro atoms. The van der Waals surface area contributed by atoms with Crippen molar-refractivity contribution in [3.8, 4) is 5.75 Å². The Hall–Kier alpha value is -3.35. The predicted molar refractivity (Wildman–Crippen MR) is 112 cm³/mol. The average Bonchev–Trinajstić information content (AvgIpc) is 2.75. The summed E-state index contributed by atoms with van der Waals surface area (Å²) in [6, 6.07) is 14.0. The molecule has 0 radical (unpaired) electrons. The van der Waals surface area contributed by atoms with Crippen molar-refractivity contribution in [2.24, 2.45) is 0 Å². The first kappa shape index (κ1) is 21.4. The summed E-state index contributed by atoms with van der Waals surface area (Å²) < 4.78 is 5.56. The molecular formula is C23H27N3O4. The molecule has 0 saturated carbocycles. The van der Waals surface area contributed by atoms with Gasteiger partial charge in [-0.25, -0.2) is 0 Å². The normalized spacial score (nSPS) is 14.7. The molecule has 7 heteroatoms. The second kappa shape index (κ2) is 9.91. The molecule has 1 saturated heterocycles. The van der Waals surface area contributed by atoms with Gasteiger partial charge in [0.25, 0.3) is 11.8 Å². The maximum Gasteiger partial charge on any atom is 0.276 e. The van der Waals surface area contributed by atoms with E-state index in [0.29, 0.717) is 24.3 Å². The molecular weight excluding hydrogens is 382 g/mol. The number of hydrazine groups is 1. The molecule has 0 aromatic heterocycles. The number of carbonyl (C=O) groups excluding carboxylic acids is 3. The average molecular weight is 409 g/mol. The van der Waals surface area contributed by atoms with E-state index in [0.717, 1.165) is 24.0 Å². The number of piperidine rings is 1. The number of hydrogen-bond donors (Lipinski definition) is 2. The molecule has 1 heterocycles. The number of aryl methyl sites for hydroxylation is 2. The highest BCUT2D eigenvalue weighted by Gasteiger charge is 2.32. The topological polar surface area (TPSA) is 87.7 Å². The van der Waals surface area contributed by atoms with Crippen LogP contribution in [0.2, 0.25) is 0 Å². The number of carbonyl (C=O) groups is 3. The molecule has 1 fully saturated rings. The van der Waals surface area contributed by atoms with Gasteiger partial charge in [0, 0.05) is 13.0 Å². The maximum atomic E-state index is 12.9. The molecule has 3 amide bonds. The number of benzene rings is 2. The highest BCUT2D eigenvalue weighted by atomic mass is 16.5. The van der Waals surface area contributed by atoms with Gasteiger partial charge in [-0.1, -0.05) is 42.5 Å². The summed E-state index contributed by atoms with van der Waals surface area (Å²) in [6.45, 7) is 4.12. The largest absolute Gasteiger partial charge is 0.483 e. The van der Waals surface area contributed by atoms with Crippen LogP contribution in [0.5, 0.6) is 5.75 Å². The van der Waals surface area contributed by atoms with Crippen molar-refractivity contribution in [1.82, 2.24) is 15.8 Å². The minimum absolute atomic E-state index is 0.0603. The number of nitrogens with one attached hydrogen (secondary N) is 2. The van der Waals surface area contributed by atoms with E-state index in [9.17, 15) is 14.4 Å². The van der Waals surface area contributed by atoms with Crippen molar-refractivity contribution in [3.05, 3.63) is 65.2 Å². The number of rotatable bonds is 6. The lowest BCUT2D eigenvalue weighted by Crippen LogP contribution is -2.51. The van der Waals surface area contributed by atoms with Gasteiger partial charge in [0.05, 0.1) is 0 Å². The fourth-order valence-electron chi connectivity index (χ4n) is 3.45. The summed E-state index contributed by atoms with van der Waals surface area (Å²) in [6.07, 6.45) is 2.09. The zero-order chi connectivity index (χ0) is 21.5. The van der Waals surface area contributed by atoms with Crippen LogP contribution in [0, 0.1) is 13.8 Å². The minimum atomic E-state index is -0.792. The Labute approximate surface area is 176 Å². The minimum Gasteiger partial charge on any atom is -0.483 e. The van der Waals surface area contributed by atoms with E-state index in [1.54, 1.807) is 17.0 Å². The molecule has 1 unspecified atom stereocenters. The summed E-state index contributed by atoms with van der Waals surface area (Å²) >= 11 is 0. The van der Waals surface area contributed by atoms with Gasteiger partial charge >= 0.3 is 0 Å². The fourth-order valence-corrected chi connectivity index (χ4v) is 3.45. The standard InChI is InChI=1S/C23H27N3O4/c1-16-11-12-17(2)19(14-16)30-15-20(27)24-25-23(29)22(18-8-4-3-5-9-18)26-13-7-6-10-21(26)28/h3-5,8-9,11-12,14,22H,6-7,10,13,15H2,1-2H3,(H,24,27)(H,25,29). The van der Waals surface area contributed by atoms with Crippen molar-refractivity contribution in [1.29, 1.82) is 0 Å². The predicted octanol–water partition coefficient (Wildman–Crippen LogP) is 2.58. The monoisotopic (exact) mass is 409 g/mol. The fraction of sp³-hybridized carbons (Fsp3) is 0.348. The Bertz CT molecular complexity index is 914. The molecule has 30 heavy (non-hydrogen) atoms. The molecule has 1 atom stereocenters. The molecule has 158 valence electrons. The Kier molecular flexibility index (Phi) is 7.06. The second-order valence-electron chi connectivity index (χ2n) is 7.45. The summed E-state index contributed by atoms with van der Waals surface area (Å²) in [5.74, 6) is -0.384. The number of amides is 3. The van der Waals surface area contributed by atoms with E-state index < -0.39 is 17.9 Å². The molecule has 1 aliphatic rings.